The van der Waals surface area contributed by atoms with Crippen LogP contribution < -0.4 is 15.0 Å². The zero-order valence-electron chi connectivity index (χ0n) is 15.4. The number of ether oxygens (including phenoxy) is 1. The van der Waals surface area contributed by atoms with Crippen LogP contribution in [-0.2, 0) is 0 Å². The fraction of sp³-hybridized carbons (Fsp3) is 0.190. The van der Waals surface area contributed by atoms with E-state index in [0.717, 1.165) is 17.2 Å². The van der Waals surface area contributed by atoms with Crippen LogP contribution in [0.2, 0.25) is 0 Å². The molecule has 0 spiro atoms. The summed E-state index contributed by atoms with van der Waals surface area (Å²) in [4.78, 5) is 24.9. The number of nitrogens with zero attached hydrogens (tertiary/aromatic N) is 4. The fourth-order valence-electron chi connectivity index (χ4n) is 3.00. The van der Waals surface area contributed by atoms with Crippen LogP contribution in [0.3, 0.4) is 0 Å². The number of hydrogen-bond acceptors (Lipinski definition) is 5. The summed E-state index contributed by atoms with van der Waals surface area (Å²) in [5.41, 5.74) is 0.735. The Morgan fingerprint density at radius 2 is 1.46 bits per heavy atom. The number of benzene rings is 2. The molecule has 2 aromatic carbocycles. The molecule has 1 aliphatic rings. The molecule has 2 amide bonds. The molecule has 1 aliphatic heterocycles. The van der Waals surface area contributed by atoms with Gasteiger partial charge in [0.15, 0.2) is 0 Å². The second kappa shape index (κ2) is 8.39. The van der Waals surface area contributed by atoms with Crippen LogP contribution in [0.15, 0.2) is 73.1 Å². The van der Waals surface area contributed by atoms with Crippen molar-refractivity contribution in [3.63, 3.8) is 0 Å². The van der Waals surface area contributed by atoms with Crippen molar-refractivity contribution in [2.75, 3.05) is 36.4 Å². The SMILES string of the molecule is O=C(Nc1ccc(Oc2ccccc2)cc1)N1CCN(c2ncccn2)CC1. The van der Waals surface area contributed by atoms with E-state index in [-0.39, 0.29) is 6.03 Å². The topological polar surface area (TPSA) is 70.6 Å². The van der Waals surface area contributed by atoms with E-state index in [4.69, 9.17) is 4.74 Å². The zero-order valence-corrected chi connectivity index (χ0v) is 15.4. The van der Waals surface area contributed by atoms with Gasteiger partial charge >= 0.3 is 6.03 Å². The maximum atomic E-state index is 12.5. The van der Waals surface area contributed by atoms with Crippen molar-refractivity contribution in [2.45, 2.75) is 0 Å². The van der Waals surface area contributed by atoms with Gasteiger partial charge < -0.3 is 19.9 Å². The van der Waals surface area contributed by atoms with Gasteiger partial charge in [0.25, 0.3) is 0 Å². The third-order valence-electron chi connectivity index (χ3n) is 4.49. The normalized spacial score (nSPS) is 13.9. The molecule has 142 valence electrons. The third kappa shape index (κ3) is 4.37. The van der Waals surface area contributed by atoms with E-state index < -0.39 is 0 Å². The van der Waals surface area contributed by atoms with E-state index >= 15 is 0 Å². The first-order chi connectivity index (χ1) is 13.8. The molecule has 0 saturated carbocycles. The standard InChI is InChI=1S/C21H21N5O2/c27-21(26-15-13-25(14-16-26)20-22-11-4-12-23-20)24-17-7-9-19(10-8-17)28-18-5-2-1-3-6-18/h1-12H,13-16H2,(H,24,27). The first-order valence-corrected chi connectivity index (χ1v) is 9.19. The molecule has 1 aromatic heterocycles. The molecule has 0 radical (unpaired) electrons. The van der Waals surface area contributed by atoms with Crippen molar-refractivity contribution >= 4 is 17.7 Å². The van der Waals surface area contributed by atoms with Crippen LogP contribution in [0.1, 0.15) is 0 Å². The Kier molecular flexibility index (Phi) is 5.33. The highest BCUT2D eigenvalue weighted by Gasteiger charge is 2.22. The minimum Gasteiger partial charge on any atom is -0.457 e. The molecule has 2 heterocycles. The molecule has 0 unspecified atom stereocenters. The number of carbonyl (C=O) groups excluding carboxylic acids is 1. The van der Waals surface area contributed by atoms with E-state index in [1.807, 2.05) is 54.6 Å². The molecule has 1 saturated heterocycles. The van der Waals surface area contributed by atoms with Crippen molar-refractivity contribution in [2.24, 2.45) is 0 Å². The first kappa shape index (κ1) is 17.8. The van der Waals surface area contributed by atoms with E-state index in [2.05, 4.69) is 20.2 Å². The Labute approximate surface area is 163 Å². The van der Waals surface area contributed by atoms with Gasteiger partial charge in [-0.3, -0.25) is 0 Å². The molecule has 0 bridgehead atoms. The van der Waals surface area contributed by atoms with Crippen molar-refractivity contribution < 1.29 is 9.53 Å². The predicted molar refractivity (Wildman–Crippen MR) is 108 cm³/mol. The molecule has 3 aromatic rings. The number of urea groups is 1. The lowest BCUT2D eigenvalue weighted by Gasteiger charge is -2.34. The largest absolute Gasteiger partial charge is 0.457 e. The summed E-state index contributed by atoms with van der Waals surface area (Å²) in [6.45, 7) is 2.67. The van der Waals surface area contributed by atoms with Crippen LogP contribution in [0, 0.1) is 0 Å². The van der Waals surface area contributed by atoms with Gasteiger partial charge in [-0.25, -0.2) is 14.8 Å². The number of piperazine rings is 1. The van der Waals surface area contributed by atoms with Gasteiger partial charge in [0, 0.05) is 44.3 Å². The molecule has 0 atom stereocenters. The number of amides is 2. The van der Waals surface area contributed by atoms with Gasteiger partial charge in [-0.15, -0.1) is 0 Å². The van der Waals surface area contributed by atoms with Crippen LogP contribution in [-0.4, -0.2) is 47.1 Å². The number of hydrogen-bond donors (Lipinski definition) is 1. The molecule has 1 fully saturated rings. The highest BCUT2D eigenvalue weighted by molar-refractivity contribution is 5.89. The lowest BCUT2D eigenvalue weighted by atomic mass is 10.3. The molecule has 4 rings (SSSR count). The van der Waals surface area contributed by atoms with Crippen LogP contribution in [0.4, 0.5) is 16.4 Å². The van der Waals surface area contributed by atoms with Crippen molar-refractivity contribution in [1.29, 1.82) is 0 Å². The summed E-state index contributed by atoms with van der Waals surface area (Å²) in [5, 5.41) is 2.94. The molecular weight excluding hydrogens is 354 g/mol. The highest BCUT2D eigenvalue weighted by Crippen LogP contribution is 2.23. The lowest BCUT2D eigenvalue weighted by molar-refractivity contribution is 0.208. The van der Waals surface area contributed by atoms with Gasteiger partial charge in [-0.1, -0.05) is 18.2 Å². The van der Waals surface area contributed by atoms with Gasteiger partial charge in [0.2, 0.25) is 5.95 Å². The van der Waals surface area contributed by atoms with E-state index in [9.17, 15) is 4.79 Å². The van der Waals surface area contributed by atoms with Gasteiger partial charge in [-0.2, -0.15) is 0 Å². The number of nitrogens with one attached hydrogen (secondary N) is 1. The number of carbonyl (C=O) groups is 1. The minimum atomic E-state index is -0.106. The second-order valence-electron chi connectivity index (χ2n) is 6.39. The number of aromatic nitrogens is 2. The molecule has 7 nitrogen and oxygen atoms in total. The second-order valence-corrected chi connectivity index (χ2v) is 6.39. The summed E-state index contributed by atoms with van der Waals surface area (Å²) in [6, 6.07) is 18.6. The molecular formula is C21H21N5O2. The molecule has 1 N–H and O–H groups in total. The fourth-order valence-corrected chi connectivity index (χ4v) is 3.00. The Balaban J connectivity index is 1.29. The maximum absolute atomic E-state index is 12.5. The summed E-state index contributed by atoms with van der Waals surface area (Å²) in [7, 11) is 0. The molecule has 0 aliphatic carbocycles. The summed E-state index contributed by atoms with van der Waals surface area (Å²) in [6.07, 6.45) is 3.46. The molecule has 28 heavy (non-hydrogen) atoms. The minimum absolute atomic E-state index is 0.106. The monoisotopic (exact) mass is 375 g/mol. The Morgan fingerprint density at radius 1 is 0.821 bits per heavy atom. The summed E-state index contributed by atoms with van der Waals surface area (Å²) < 4.78 is 5.77. The van der Waals surface area contributed by atoms with E-state index in [1.54, 1.807) is 23.4 Å². The summed E-state index contributed by atoms with van der Waals surface area (Å²) in [5.74, 6) is 2.21. The maximum Gasteiger partial charge on any atom is 0.321 e. The van der Waals surface area contributed by atoms with Crippen molar-refractivity contribution in [3.05, 3.63) is 73.1 Å². The Morgan fingerprint density at radius 3 is 2.14 bits per heavy atom. The first-order valence-electron chi connectivity index (χ1n) is 9.19. The lowest BCUT2D eigenvalue weighted by Crippen LogP contribution is -2.50. The van der Waals surface area contributed by atoms with Crippen LogP contribution in [0.5, 0.6) is 11.5 Å². The molecule has 7 heteroatoms. The quantitative estimate of drug-likeness (QED) is 0.754. The average Bonchev–Trinajstić information content (AvgIpc) is 2.76. The van der Waals surface area contributed by atoms with Crippen LogP contribution in [0.25, 0.3) is 0 Å². The van der Waals surface area contributed by atoms with Crippen molar-refractivity contribution in [3.8, 4) is 11.5 Å². The zero-order chi connectivity index (χ0) is 19.2. The van der Waals surface area contributed by atoms with Crippen molar-refractivity contribution in [1.82, 2.24) is 14.9 Å². The number of anilines is 2. The summed E-state index contributed by atoms with van der Waals surface area (Å²) >= 11 is 0. The van der Waals surface area contributed by atoms with E-state index in [0.29, 0.717) is 32.1 Å². The smallest absolute Gasteiger partial charge is 0.321 e. The average molecular weight is 375 g/mol. The number of rotatable bonds is 4. The predicted octanol–water partition coefficient (Wildman–Crippen LogP) is 3.62. The van der Waals surface area contributed by atoms with Gasteiger partial charge in [-0.05, 0) is 42.5 Å². The Bertz CT molecular complexity index is 895. The van der Waals surface area contributed by atoms with Crippen LogP contribution >= 0.6 is 0 Å². The highest BCUT2D eigenvalue weighted by atomic mass is 16.5. The third-order valence-corrected chi connectivity index (χ3v) is 4.49. The van der Waals surface area contributed by atoms with E-state index in [1.165, 1.54) is 0 Å². The Hall–Kier alpha value is -3.61. The van der Waals surface area contributed by atoms with Gasteiger partial charge in [0.05, 0.1) is 0 Å². The van der Waals surface area contributed by atoms with Gasteiger partial charge in [0.1, 0.15) is 11.5 Å². The number of para-hydroxylation sites is 1.